The van der Waals surface area contributed by atoms with E-state index in [-0.39, 0.29) is 5.91 Å². The summed E-state index contributed by atoms with van der Waals surface area (Å²) in [5, 5.41) is 3.82. The molecule has 15 heavy (non-hydrogen) atoms. The number of carbonyl (C=O) groups excluding carboxylic acids is 1. The van der Waals surface area contributed by atoms with Gasteiger partial charge in [-0.3, -0.25) is 4.79 Å². The van der Waals surface area contributed by atoms with Crippen molar-refractivity contribution in [1.82, 2.24) is 5.43 Å². The molecule has 0 spiro atoms. The Balaban J connectivity index is 2.44. The van der Waals surface area contributed by atoms with Crippen molar-refractivity contribution in [3.63, 3.8) is 0 Å². The lowest BCUT2D eigenvalue weighted by Gasteiger charge is -2.00. The molecule has 1 N–H and O–H groups in total. The number of alkyl halides is 1. The second-order valence-corrected chi connectivity index (χ2v) is 3.45. The van der Waals surface area contributed by atoms with Gasteiger partial charge in [0.1, 0.15) is 0 Å². The highest BCUT2D eigenvalue weighted by Gasteiger charge is 2.01. The van der Waals surface area contributed by atoms with E-state index in [1.165, 1.54) is 0 Å². The van der Waals surface area contributed by atoms with E-state index in [0.29, 0.717) is 18.0 Å². The molecule has 0 aliphatic carbocycles. The minimum absolute atomic E-state index is 0.134. The fourth-order valence-corrected chi connectivity index (χ4v) is 1.07. The second-order valence-electron chi connectivity index (χ2n) is 3.18. The molecule has 0 radical (unpaired) electrons. The van der Waals surface area contributed by atoms with E-state index in [4.69, 9.17) is 11.6 Å². The van der Waals surface area contributed by atoms with Gasteiger partial charge in [-0.05, 0) is 12.5 Å². The molecule has 1 aromatic rings. The number of hydrazone groups is 1. The molecule has 80 valence electrons. The first-order chi connectivity index (χ1) is 7.22. The normalized spacial score (nSPS) is 11.2. The van der Waals surface area contributed by atoms with Gasteiger partial charge in [0, 0.05) is 5.71 Å². The molecule has 0 fully saturated rings. The summed E-state index contributed by atoms with van der Waals surface area (Å²) in [4.78, 5) is 11.4. The van der Waals surface area contributed by atoms with Crippen molar-refractivity contribution in [1.29, 1.82) is 0 Å². The van der Waals surface area contributed by atoms with E-state index < -0.39 is 0 Å². The van der Waals surface area contributed by atoms with E-state index in [1.54, 1.807) is 6.92 Å². The number of hydrogen-bond donors (Lipinski definition) is 1. The van der Waals surface area contributed by atoms with Crippen LogP contribution in [-0.4, -0.2) is 17.5 Å². The van der Waals surface area contributed by atoms with Gasteiger partial charge in [0.05, 0.1) is 12.3 Å². The van der Waals surface area contributed by atoms with Crippen molar-refractivity contribution in [2.45, 2.75) is 13.3 Å². The number of rotatable bonds is 4. The molecule has 0 heterocycles. The molecule has 1 amide bonds. The highest BCUT2D eigenvalue weighted by molar-refractivity contribution is 6.28. The Morgan fingerprint density at radius 1 is 1.40 bits per heavy atom. The smallest absolute Gasteiger partial charge is 0.244 e. The average Bonchev–Trinajstić information content (AvgIpc) is 2.27. The summed E-state index contributed by atoms with van der Waals surface area (Å²) in [6.07, 6.45) is 0.333. The van der Waals surface area contributed by atoms with Crippen LogP contribution in [0, 0.1) is 0 Å². The van der Waals surface area contributed by atoms with E-state index in [2.05, 4.69) is 10.5 Å². The number of benzene rings is 1. The molecular weight excluding hydrogens is 212 g/mol. The minimum Gasteiger partial charge on any atom is -0.273 e. The summed E-state index contributed by atoms with van der Waals surface area (Å²) >= 11 is 5.51. The third-order valence-corrected chi connectivity index (χ3v) is 2.16. The molecule has 0 unspecified atom stereocenters. The second kappa shape index (κ2) is 6.19. The Morgan fingerprint density at radius 3 is 2.67 bits per heavy atom. The standard InChI is InChI=1S/C11H13ClN2O/c1-9(8-12)13-14-11(15)7-10-5-3-2-4-6-10/h2-6H,7-8H2,1H3,(H,14,15). The Kier molecular flexibility index (Phi) is 4.84. The summed E-state index contributed by atoms with van der Waals surface area (Å²) in [6.45, 7) is 1.76. The highest BCUT2D eigenvalue weighted by atomic mass is 35.5. The predicted molar refractivity (Wildman–Crippen MR) is 62.1 cm³/mol. The number of nitrogens with zero attached hydrogens (tertiary/aromatic N) is 1. The van der Waals surface area contributed by atoms with Crippen LogP contribution >= 0.6 is 11.6 Å². The van der Waals surface area contributed by atoms with Gasteiger partial charge in [-0.1, -0.05) is 30.3 Å². The zero-order valence-corrected chi connectivity index (χ0v) is 9.29. The van der Waals surface area contributed by atoms with Crippen LogP contribution in [0.25, 0.3) is 0 Å². The van der Waals surface area contributed by atoms with Gasteiger partial charge in [0.2, 0.25) is 5.91 Å². The summed E-state index contributed by atoms with van der Waals surface area (Å²) < 4.78 is 0. The molecule has 0 aliphatic heterocycles. The quantitative estimate of drug-likeness (QED) is 0.474. The van der Waals surface area contributed by atoms with Crippen molar-refractivity contribution in [2.24, 2.45) is 5.10 Å². The molecular formula is C11H13ClN2O. The van der Waals surface area contributed by atoms with E-state index in [9.17, 15) is 4.79 Å². The molecule has 0 saturated carbocycles. The molecule has 1 rings (SSSR count). The van der Waals surface area contributed by atoms with Crippen molar-refractivity contribution in [3.05, 3.63) is 35.9 Å². The number of amides is 1. The Hall–Kier alpha value is -1.35. The lowest BCUT2D eigenvalue weighted by Crippen LogP contribution is -2.21. The fraction of sp³-hybridized carbons (Fsp3) is 0.273. The Labute approximate surface area is 94.1 Å². The van der Waals surface area contributed by atoms with Crippen LogP contribution in [0.5, 0.6) is 0 Å². The van der Waals surface area contributed by atoms with Crippen LogP contribution in [0.4, 0.5) is 0 Å². The van der Waals surface area contributed by atoms with Gasteiger partial charge in [0.15, 0.2) is 0 Å². The Bertz CT molecular complexity index is 349. The van der Waals surface area contributed by atoms with Gasteiger partial charge in [-0.2, -0.15) is 5.10 Å². The maximum Gasteiger partial charge on any atom is 0.244 e. The molecule has 0 saturated heterocycles. The van der Waals surface area contributed by atoms with E-state index >= 15 is 0 Å². The molecule has 4 heteroatoms. The summed E-state index contributed by atoms with van der Waals surface area (Å²) in [5.74, 6) is 0.191. The maximum atomic E-state index is 11.4. The summed E-state index contributed by atoms with van der Waals surface area (Å²) in [7, 11) is 0. The zero-order chi connectivity index (χ0) is 11.1. The number of nitrogens with one attached hydrogen (secondary N) is 1. The first-order valence-corrected chi connectivity index (χ1v) is 5.17. The number of halogens is 1. The van der Waals surface area contributed by atoms with Crippen molar-refractivity contribution in [2.75, 3.05) is 5.88 Å². The molecule has 0 bridgehead atoms. The zero-order valence-electron chi connectivity index (χ0n) is 8.53. The van der Waals surface area contributed by atoms with Gasteiger partial charge in [-0.25, -0.2) is 5.43 Å². The average molecular weight is 225 g/mol. The van der Waals surface area contributed by atoms with Crippen molar-refractivity contribution in [3.8, 4) is 0 Å². The van der Waals surface area contributed by atoms with Crippen LogP contribution in [-0.2, 0) is 11.2 Å². The molecule has 0 aromatic heterocycles. The van der Waals surface area contributed by atoms with E-state index in [0.717, 1.165) is 5.56 Å². The van der Waals surface area contributed by atoms with E-state index in [1.807, 2.05) is 30.3 Å². The molecule has 0 aliphatic rings. The SMILES string of the molecule is CC(CCl)=NNC(=O)Cc1ccccc1. The maximum absolute atomic E-state index is 11.4. The molecule has 0 atom stereocenters. The first-order valence-electron chi connectivity index (χ1n) is 4.64. The predicted octanol–water partition coefficient (Wildman–Crippen LogP) is 1.96. The largest absolute Gasteiger partial charge is 0.273 e. The van der Waals surface area contributed by atoms with Crippen LogP contribution in [0.15, 0.2) is 35.4 Å². The van der Waals surface area contributed by atoms with Crippen LogP contribution in [0.1, 0.15) is 12.5 Å². The van der Waals surface area contributed by atoms with Gasteiger partial charge >= 0.3 is 0 Å². The van der Waals surface area contributed by atoms with Gasteiger partial charge in [0.25, 0.3) is 0 Å². The third-order valence-electron chi connectivity index (χ3n) is 1.77. The summed E-state index contributed by atoms with van der Waals surface area (Å²) in [6, 6.07) is 9.51. The fourth-order valence-electron chi connectivity index (χ4n) is 1.01. The van der Waals surface area contributed by atoms with Gasteiger partial charge in [-0.15, -0.1) is 11.6 Å². The lowest BCUT2D eigenvalue weighted by molar-refractivity contribution is -0.120. The molecule has 1 aromatic carbocycles. The highest BCUT2D eigenvalue weighted by Crippen LogP contribution is 1.98. The van der Waals surface area contributed by atoms with Crippen molar-refractivity contribution >= 4 is 23.2 Å². The lowest BCUT2D eigenvalue weighted by atomic mass is 10.1. The Morgan fingerprint density at radius 2 is 2.07 bits per heavy atom. The number of hydrogen-bond acceptors (Lipinski definition) is 2. The van der Waals surface area contributed by atoms with Gasteiger partial charge < -0.3 is 0 Å². The third kappa shape index (κ3) is 4.61. The van der Waals surface area contributed by atoms with Crippen LogP contribution in [0.2, 0.25) is 0 Å². The topological polar surface area (TPSA) is 41.5 Å². The van der Waals surface area contributed by atoms with Crippen molar-refractivity contribution < 1.29 is 4.79 Å². The van der Waals surface area contributed by atoms with Crippen LogP contribution in [0.3, 0.4) is 0 Å². The van der Waals surface area contributed by atoms with Crippen LogP contribution < -0.4 is 5.43 Å². The summed E-state index contributed by atoms with van der Waals surface area (Å²) in [5.41, 5.74) is 4.11. The number of carbonyl (C=O) groups is 1. The minimum atomic E-state index is -0.134. The monoisotopic (exact) mass is 224 g/mol. The molecule has 3 nitrogen and oxygen atoms in total. The first kappa shape index (κ1) is 11.7.